The molecule has 7 heteroatoms. The minimum absolute atomic E-state index is 0.492. The predicted octanol–water partition coefficient (Wildman–Crippen LogP) is 3.44. The molecule has 2 aromatic rings. The highest BCUT2D eigenvalue weighted by molar-refractivity contribution is 9.11. The van der Waals surface area contributed by atoms with Crippen LogP contribution in [0.3, 0.4) is 0 Å². The molecule has 3 heterocycles. The van der Waals surface area contributed by atoms with E-state index in [1.807, 2.05) is 42.6 Å². The van der Waals surface area contributed by atoms with Crippen LogP contribution in [0.1, 0.15) is 17.7 Å². The van der Waals surface area contributed by atoms with E-state index in [4.69, 9.17) is 0 Å². The number of likely N-dealkylation sites (tertiary alicyclic amines) is 1. The number of hydrogen-bond donors (Lipinski definition) is 1. The van der Waals surface area contributed by atoms with Crippen molar-refractivity contribution < 1.29 is 0 Å². The second-order valence-electron chi connectivity index (χ2n) is 6.04. The molecular weight excluding hydrogens is 374 g/mol. The molecule has 0 aliphatic carbocycles. The van der Waals surface area contributed by atoms with Crippen molar-refractivity contribution in [2.75, 3.05) is 37.4 Å². The lowest BCUT2D eigenvalue weighted by atomic mass is 10.1. The number of aromatic nitrogens is 2. The summed E-state index contributed by atoms with van der Waals surface area (Å²) in [5, 5.41) is 3.56. The Morgan fingerprint density at radius 3 is 2.74 bits per heavy atom. The normalized spacial score (nSPS) is 16.5. The molecule has 23 heavy (non-hydrogen) atoms. The van der Waals surface area contributed by atoms with Crippen LogP contribution in [0.15, 0.2) is 28.2 Å². The molecular formula is C16H22BrN5S. The highest BCUT2D eigenvalue weighted by Gasteiger charge is 2.20. The third kappa shape index (κ3) is 4.65. The second-order valence-corrected chi connectivity index (χ2v) is 8.58. The number of nitrogens with zero attached hydrogens (tertiary/aromatic N) is 4. The summed E-state index contributed by atoms with van der Waals surface area (Å²) in [5.41, 5.74) is 0. The fourth-order valence-electron chi connectivity index (χ4n) is 2.75. The molecule has 1 fully saturated rings. The van der Waals surface area contributed by atoms with Gasteiger partial charge in [-0.3, -0.25) is 4.90 Å². The maximum absolute atomic E-state index is 4.54. The molecule has 0 spiro atoms. The highest BCUT2D eigenvalue weighted by atomic mass is 79.9. The molecule has 1 saturated heterocycles. The van der Waals surface area contributed by atoms with Gasteiger partial charge in [-0.15, -0.1) is 11.3 Å². The van der Waals surface area contributed by atoms with Crippen molar-refractivity contribution in [3.8, 4) is 0 Å². The lowest BCUT2D eigenvalue weighted by Crippen LogP contribution is -2.38. The molecule has 0 unspecified atom stereocenters. The first-order valence-electron chi connectivity index (χ1n) is 7.83. The van der Waals surface area contributed by atoms with E-state index in [1.165, 1.54) is 8.66 Å². The number of piperidine rings is 1. The topological polar surface area (TPSA) is 44.3 Å². The summed E-state index contributed by atoms with van der Waals surface area (Å²) in [5.74, 6) is 1.67. The van der Waals surface area contributed by atoms with Gasteiger partial charge in [0.15, 0.2) is 0 Å². The molecule has 5 nitrogen and oxygen atoms in total. The quantitative estimate of drug-likeness (QED) is 0.839. The van der Waals surface area contributed by atoms with E-state index in [2.05, 4.69) is 48.2 Å². The van der Waals surface area contributed by atoms with Gasteiger partial charge in [0.2, 0.25) is 5.95 Å². The smallest absolute Gasteiger partial charge is 0.226 e. The molecule has 0 saturated carbocycles. The highest BCUT2D eigenvalue weighted by Crippen LogP contribution is 2.25. The Morgan fingerprint density at radius 1 is 1.30 bits per heavy atom. The zero-order valence-corrected chi connectivity index (χ0v) is 15.9. The Balaban J connectivity index is 1.50. The van der Waals surface area contributed by atoms with Crippen LogP contribution in [-0.4, -0.2) is 48.1 Å². The van der Waals surface area contributed by atoms with E-state index in [0.717, 1.165) is 44.2 Å². The zero-order chi connectivity index (χ0) is 16.2. The van der Waals surface area contributed by atoms with Crippen LogP contribution >= 0.6 is 27.3 Å². The van der Waals surface area contributed by atoms with Crippen molar-refractivity contribution in [3.05, 3.63) is 33.1 Å². The van der Waals surface area contributed by atoms with Gasteiger partial charge in [-0.25, -0.2) is 4.98 Å². The summed E-state index contributed by atoms with van der Waals surface area (Å²) in [6.07, 6.45) is 4.11. The van der Waals surface area contributed by atoms with Crippen molar-refractivity contribution in [2.24, 2.45) is 0 Å². The van der Waals surface area contributed by atoms with E-state index in [9.17, 15) is 0 Å². The minimum atomic E-state index is 0.492. The maximum Gasteiger partial charge on any atom is 0.226 e. The fourth-order valence-corrected chi connectivity index (χ4v) is 4.27. The van der Waals surface area contributed by atoms with E-state index in [1.54, 1.807) is 0 Å². The van der Waals surface area contributed by atoms with Gasteiger partial charge in [0, 0.05) is 50.8 Å². The van der Waals surface area contributed by atoms with Gasteiger partial charge < -0.3 is 10.2 Å². The number of nitrogens with one attached hydrogen (secondary N) is 1. The van der Waals surface area contributed by atoms with Crippen LogP contribution in [0.5, 0.6) is 0 Å². The van der Waals surface area contributed by atoms with Gasteiger partial charge in [0.25, 0.3) is 0 Å². The van der Waals surface area contributed by atoms with Crippen LogP contribution in [0.4, 0.5) is 11.8 Å². The van der Waals surface area contributed by atoms with E-state index >= 15 is 0 Å². The SMILES string of the molecule is CN(C)c1nccc(NC2CCN(Cc3ccc(Br)s3)CC2)n1. The van der Waals surface area contributed by atoms with Gasteiger partial charge in [-0.2, -0.15) is 4.98 Å². The Morgan fingerprint density at radius 2 is 2.09 bits per heavy atom. The van der Waals surface area contributed by atoms with Crippen LogP contribution in [-0.2, 0) is 6.54 Å². The summed E-state index contributed by atoms with van der Waals surface area (Å²) in [4.78, 5) is 14.7. The van der Waals surface area contributed by atoms with Gasteiger partial charge in [-0.05, 0) is 47.0 Å². The van der Waals surface area contributed by atoms with Crippen LogP contribution in [0, 0.1) is 0 Å². The molecule has 1 aliphatic heterocycles. The average Bonchev–Trinajstić information content (AvgIpc) is 2.94. The molecule has 124 valence electrons. The number of anilines is 2. The largest absolute Gasteiger partial charge is 0.367 e. The Bertz CT molecular complexity index is 637. The summed E-state index contributed by atoms with van der Waals surface area (Å²) < 4.78 is 1.21. The molecule has 0 aromatic carbocycles. The number of hydrogen-bond acceptors (Lipinski definition) is 6. The average molecular weight is 396 g/mol. The monoisotopic (exact) mass is 395 g/mol. The van der Waals surface area contributed by atoms with E-state index < -0.39 is 0 Å². The molecule has 1 aliphatic rings. The first kappa shape index (κ1) is 16.7. The third-order valence-electron chi connectivity index (χ3n) is 3.99. The maximum atomic E-state index is 4.54. The molecule has 0 bridgehead atoms. The van der Waals surface area contributed by atoms with Crippen LogP contribution in [0.25, 0.3) is 0 Å². The van der Waals surface area contributed by atoms with Crippen molar-refractivity contribution in [2.45, 2.75) is 25.4 Å². The van der Waals surface area contributed by atoms with E-state index in [0.29, 0.717) is 6.04 Å². The summed E-state index contributed by atoms with van der Waals surface area (Å²) in [6.45, 7) is 3.30. The number of halogens is 1. The molecule has 0 amide bonds. The summed E-state index contributed by atoms with van der Waals surface area (Å²) in [6, 6.07) is 6.78. The van der Waals surface area contributed by atoms with Crippen LogP contribution < -0.4 is 10.2 Å². The zero-order valence-electron chi connectivity index (χ0n) is 13.5. The first-order valence-corrected chi connectivity index (χ1v) is 9.44. The number of rotatable bonds is 5. The first-order chi connectivity index (χ1) is 11.1. The lowest BCUT2D eigenvalue weighted by Gasteiger charge is -2.32. The Kier molecular flexibility index (Phi) is 5.50. The van der Waals surface area contributed by atoms with Crippen molar-refractivity contribution in [1.82, 2.24) is 14.9 Å². The third-order valence-corrected chi connectivity index (χ3v) is 5.60. The van der Waals surface area contributed by atoms with Gasteiger partial charge >= 0.3 is 0 Å². The Hall–Kier alpha value is -1.18. The van der Waals surface area contributed by atoms with Crippen LogP contribution in [0.2, 0.25) is 0 Å². The van der Waals surface area contributed by atoms with Gasteiger partial charge in [0.1, 0.15) is 5.82 Å². The molecule has 0 atom stereocenters. The van der Waals surface area contributed by atoms with Gasteiger partial charge in [0.05, 0.1) is 3.79 Å². The molecule has 3 rings (SSSR count). The summed E-state index contributed by atoms with van der Waals surface area (Å²) in [7, 11) is 3.92. The van der Waals surface area contributed by atoms with E-state index in [-0.39, 0.29) is 0 Å². The second kappa shape index (κ2) is 7.59. The predicted molar refractivity (Wildman–Crippen MR) is 100 cm³/mol. The minimum Gasteiger partial charge on any atom is -0.367 e. The van der Waals surface area contributed by atoms with Crippen molar-refractivity contribution in [1.29, 1.82) is 0 Å². The van der Waals surface area contributed by atoms with Gasteiger partial charge in [-0.1, -0.05) is 0 Å². The molecule has 2 aromatic heterocycles. The molecule has 0 radical (unpaired) electrons. The molecule has 1 N–H and O–H groups in total. The Labute approximate surface area is 149 Å². The summed E-state index contributed by atoms with van der Waals surface area (Å²) >= 11 is 5.36. The standard InChI is InChI=1S/C16H22BrN5S/c1-21(2)16-18-8-5-15(20-16)19-12-6-9-22(10-7-12)11-13-3-4-14(17)23-13/h3-5,8,12H,6-7,9-11H2,1-2H3,(H,18,19,20). The van der Waals surface area contributed by atoms with Crippen molar-refractivity contribution >= 4 is 39.0 Å². The lowest BCUT2D eigenvalue weighted by molar-refractivity contribution is 0.213. The fraction of sp³-hybridized carbons (Fsp3) is 0.500. The van der Waals surface area contributed by atoms with Crippen molar-refractivity contribution in [3.63, 3.8) is 0 Å². The number of thiophene rings is 1.